The fourth-order valence-corrected chi connectivity index (χ4v) is 4.26. The molecule has 2 aromatic heterocycles. The van der Waals surface area contributed by atoms with Crippen LogP contribution in [0.4, 0.5) is 5.95 Å². The Kier molecular flexibility index (Phi) is 11.0. The first kappa shape index (κ1) is 30.6. The fraction of sp³-hybridized carbons (Fsp3) is 0.519. The molecule has 3 aromatic rings. The van der Waals surface area contributed by atoms with Gasteiger partial charge in [-0.3, -0.25) is 29.3 Å². The summed E-state index contributed by atoms with van der Waals surface area (Å²) in [6.45, 7) is 9.06. The maximum Gasteiger partial charge on any atom is 0.276 e. The highest BCUT2D eigenvalue weighted by Gasteiger charge is 2.21. The van der Waals surface area contributed by atoms with Crippen molar-refractivity contribution in [2.45, 2.75) is 46.7 Å². The number of imidazole rings is 1. The van der Waals surface area contributed by atoms with Gasteiger partial charge in [-0.2, -0.15) is 5.10 Å². The highest BCUT2D eigenvalue weighted by molar-refractivity contribution is 6.04. The van der Waals surface area contributed by atoms with Crippen molar-refractivity contribution in [2.75, 3.05) is 52.3 Å². The number of benzene rings is 1. The number of fused-ring (bicyclic) bond motifs is 1. The van der Waals surface area contributed by atoms with Crippen LogP contribution in [0.15, 0.2) is 18.2 Å². The number of methoxy groups -OCH3 is 1. The van der Waals surface area contributed by atoms with Gasteiger partial charge in [0.1, 0.15) is 17.0 Å². The number of hydrogen-bond donors (Lipinski definition) is 3. The van der Waals surface area contributed by atoms with Crippen molar-refractivity contribution in [3.05, 3.63) is 35.2 Å². The predicted molar refractivity (Wildman–Crippen MR) is 152 cm³/mol. The molecule has 0 aliphatic rings. The van der Waals surface area contributed by atoms with Crippen molar-refractivity contribution < 1.29 is 23.9 Å². The molecule has 0 bridgehead atoms. The first-order valence-corrected chi connectivity index (χ1v) is 13.4. The van der Waals surface area contributed by atoms with E-state index in [9.17, 15) is 14.4 Å². The molecule has 3 rings (SSSR count). The summed E-state index contributed by atoms with van der Waals surface area (Å²) in [5.74, 6) is -0.281. The third-order valence-electron chi connectivity index (χ3n) is 6.19. The first-order chi connectivity index (χ1) is 19.2. The van der Waals surface area contributed by atoms with Crippen molar-refractivity contribution in [1.29, 1.82) is 0 Å². The molecule has 1 aromatic carbocycles. The number of aryl methyl sites for hydroxylation is 3. The molecule has 0 radical (unpaired) electrons. The number of anilines is 1. The van der Waals surface area contributed by atoms with Crippen molar-refractivity contribution in [1.82, 2.24) is 29.5 Å². The number of nitrogens with one attached hydrogen (secondary N) is 2. The number of nitrogens with two attached hydrogens (primary N) is 1. The van der Waals surface area contributed by atoms with Gasteiger partial charge in [-0.1, -0.05) is 6.92 Å². The lowest BCUT2D eigenvalue weighted by Gasteiger charge is -2.16. The lowest BCUT2D eigenvalue weighted by atomic mass is 10.1. The van der Waals surface area contributed by atoms with E-state index in [0.29, 0.717) is 67.6 Å². The molecular formula is C27H40N8O5. The third kappa shape index (κ3) is 7.79. The Morgan fingerprint density at radius 1 is 1.15 bits per heavy atom. The summed E-state index contributed by atoms with van der Waals surface area (Å²) in [5, 5.41) is 10.1. The maximum atomic E-state index is 13.1. The van der Waals surface area contributed by atoms with E-state index >= 15 is 0 Å². The number of carbonyl (C=O) groups is 3. The largest absolute Gasteiger partial charge is 0.491 e. The van der Waals surface area contributed by atoms with E-state index in [0.717, 1.165) is 12.1 Å². The monoisotopic (exact) mass is 556 g/mol. The zero-order valence-electron chi connectivity index (χ0n) is 24.0. The Balaban J connectivity index is 1.77. The molecule has 218 valence electrons. The molecule has 13 nitrogen and oxygen atoms in total. The van der Waals surface area contributed by atoms with E-state index in [2.05, 4.69) is 20.7 Å². The quantitative estimate of drug-likeness (QED) is 0.225. The van der Waals surface area contributed by atoms with Crippen LogP contribution >= 0.6 is 0 Å². The summed E-state index contributed by atoms with van der Waals surface area (Å²) in [5.41, 5.74) is 8.11. The second kappa shape index (κ2) is 14.4. The molecule has 40 heavy (non-hydrogen) atoms. The van der Waals surface area contributed by atoms with E-state index in [1.54, 1.807) is 30.0 Å². The zero-order chi connectivity index (χ0) is 29.2. The Labute approximate surface area is 234 Å². The summed E-state index contributed by atoms with van der Waals surface area (Å²) >= 11 is 0. The number of nitrogens with zero attached hydrogens (tertiary/aromatic N) is 5. The van der Waals surface area contributed by atoms with Gasteiger partial charge < -0.3 is 25.1 Å². The Hall–Kier alpha value is -3.97. The van der Waals surface area contributed by atoms with E-state index < -0.39 is 5.91 Å². The number of ether oxygens (including phenoxy) is 2. The number of primary amides is 1. The van der Waals surface area contributed by atoms with Crippen LogP contribution in [-0.4, -0.2) is 89.0 Å². The summed E-state index contributed by atoms with van der Waals surface area (Å²) in [6, 6.07) is 4.90. The molecule has 3 amide bonds. The highest BCUT2D eigenvalue weighted by Crippen LogP contribution is 2.31. The highest BCUT2D eigenvalue weighted by atomic mass is 16.5. The van der Waals surface area contributed by atoms with E-state index in [1.807, 2.05) is 37.3 Å². The van der Waals surface area contributed by atoms with Gasteiger partial charge in [-0.05, 0) is 51.9 Å². The van der Waals surface area contributed by atoms with E-state index in [-0.39, 0.29) is 30.5 Å². The summed E-state index contributed by atoms with van der Waals surface area (Å²) in [4.78, 5) is 43.9. The van der Waals surface area contributed by atoms with Crippen molar-refractivity contribution >= 4 is 34.7 Å². The second-order valence-electron chi connectivity index (χ2n) is 9.52. The predicted octanol–water partition coefficient (Wildman–Crippen LogP) is 1.79. The summed E-state index contributed by atoms with van der Waals surface area (Å²) < 4.78 is 14.6. The fourth-order valence-electron chi connectivity index (χ4n) is 4.26. The normalized spacial score (nSPS) is 11.2. The van der Waals surface area contributed by atoms with Crippen LogP contribution < -0.4 is 21.1 Å². The van der Waals surface area contributed by atoms with Gasteiger partial charge in [0.15, 0.2) is 0 Å². The van der Waals surface area contributed by atoms with Crippen molar-refractivity contribution in [2.24, 2.45) is 5.73 Å². The second-order valence-corrected chi connectivity index (χ2v) is 9.52. The molecule has 0 aliphatic carbocycles. The number of amides is 3. The number of carbonyl (C=O) groups excluding carboxylic acids is 3. The molecule has 0 saturated carbocycles. The number of hydrogen-bond acceptors (Lipinski definition) is 8. The minimum atomic E-state index is -0.616. The maximum absolute atomic E-state index is 13.1. The summed E-state index contributed by atoms with van der Waals surface area (Å²) in [7, 11) is 3.48. The van der Waals surface area contributed by atoms with Crippen molar-refractivity contribution in [3.8, 4) is 5.75 Å². The Bertz CT molecular complexity index is 1330. The van der Waals surface area contributed by atoms with Gasteiger partial charge in [-0.25, -0.2) is 4.98 Å². The Morgan fingerprint density at radius 2 is 1.93 bits per heavy atom. The topological polar surface area (TPSA) is 159 Å². The average Bonchev–Trinajstić information content (AvgIpc) is 3.46. The van der Waals surface area contributed by atoms with Crippen LogP contribution in [0.3, 0.4) is 0 Å². The molecule has 0 spiro atoms. The van der Waals surface area contributed by atoms with Gasteiger partial charge in [-0.15, -0.1) is 0 Å². The van der Waals surface area contributed by atoms with Gasteiger partial charge in [0.2, 0.25) is 17.8 Å². The van der Waals surface area contributed by atoms with Crippen LogP contribution in [0.2, 0.25) is 0 Å². The number of aromatic nitrogens is 4. The van der Waals surface area contributed by atoms with Gasteiger partial charge in [0, 0.05) is 38.9 Å². The van der Waals surface area contributed by atoms with Crippen molar-refractivity contribution in [3.63, 3.8) is 0 Å². The van der Waals surface area contributed by atoms with Crippen LogP contribution in [0, 0.1) is 6.92 Å². The van der Waals surface area contributed by atoms with Gasteiger partial charge in [0.25, 0.3) is 5.91 Å². The minimum Gasteiger partial charge on any atom is -0.491 e. The molecule has 13 heteroatoms. The molecule has 0 fully saturated rings. The molecular weight excluding hydrogens is 516 g/mol. The average molecular weight is 557 g/mol. The smallest absolute Gasteiger partial charge is 0.276 e. The Morgan fingerprint density at radius 3 is 2.60 bits per heavy atom. The number of likely N-dealkylation sites (N-methyl/N-ethyl adjacent to an activating group) is 1. The van der Waals surface area contributed by atoms with Crippen LogP contribution in [0.5, 0.6) is 5.75 Å². The summed E-state index contributed by atoms with van der Waals surface area (Å²) in [6.07, 6.45) is 1.31. The zero-order valence-corrected chi connectivity index (χ0v) is 24.0. The molecule has 0 atom stereocenters. The molecule has 0 saturated heterocycles. The van der Waals surface area contributed by atoms with Crippen LogP contribution in [0.25, 0.3) is 11.0 Å². The lowest BCUT2D eigenvalue weighted by molar-refractivity contribution is -0.122. The molecule has 0 aliphatic heterocycles. The first-order valence-electron chi connectivity index (χ1n) is 13.4. The standard InChI is InChI=1S/C27H40N8O5/c1-6-10-34-24-20(30-27(34)31-26(38)21-14-18(3)32-35(21)7-2)15-19(25(28)37)16-22(24)40-12-8-9-29-23(36)17-33(4)11-13-39-5/h14-16H,6-13,17H2,1-5H3,(H2,28,37)(H,29,36)(H,30,31,38). The van der Waals surface area contributed by atoms with Gasteiger partial charge in [0.05, 0.1) is 31.0 Å². The van der Waals surface area contributed by atoms with Crippen LogP contribution in [-0.2, 0) is 22.6 Å². The SMILES string of the molecule is CCCn1c(NC(=O)c2cc(C)nn2CC)nc2cc(C(N)=O)cc(OCCCNC(=O)CN(C)CCOC)c21. The number of rotatable bonds is 16. The molecule has 2 heterocycles. The van der Waals surface area contributed by atoms with Crippen LogP contribution in [0.1, 0.15) is 53.2 Å². The van der Waals surface area contributed by atoms with E-state index in [4.69, 9.17) is 15.2 Å². The lowest BCUT2D eigenvalue weighted by Crippen LogP contribution is -2.37. The van der Waals surface area contributed by atoms with E-state index in [1.165, 1.54) is 0 Å². The molecule has 4 N–H and O–H groups in total. The minimum absolute atomic E-state index is 0.0854. The van der Waals surface area contributed by atoms with Gasteiger partial charge >= 0.3 is 0 Å². The third-order valence-corrected chi connectivity index (χ3v) is 6.19. The molecule has 0 unspecified atom stereocenters.